The van der Waals surface area contributed by atoms with Crippen LogP contribution < -0.4 is 10.5 Å². The first-order chi connectivity index (χ1) is 8.58. The molecule has 2 aromatic rings. The summed E-state index contributed by atoms with van der Waals surface area (Å²) in [5, 5.41) is 7.31. The molecule has 0 aliphatic heterocycles. The number of rotatable bonds is 3. The molecule has 1 aromatic heterocycles. The number of nitrogens with two attached hydrogens (primary N) is 1. The molecule has 92 valence electrons. The van der Waals surface area contributed by atoms with Gasteiger partial charge >= 0.3 is 0 Å². The van der Waals surface area contributed by atoms with Crippen molar-refractivity contribution in [1.29, 1.82) is 5.41 Å². The van der Waals surface area contributed by atoms with Gasteiger partial charge in [-0.25, -0.2) is 9.37 Å². The maximum Gasteiger partial charge on any atom is 0.220 e. The lowest BCUT2D eigenvalue weighted by molar-refractivity contribution is 0.425. The number of aryl methyl sites for hydroxylation is 1. The summed E-state index contributed by atoms with van der Waals surface area (Å²) in [6.45, 7) is 1.65. The van der Waals surface area contributed by atoms with E-state index in [9.17, 15) is 4.39 Å². The summed E-state index contributed by atoms with van der Waals surface area (Å²) in [6, 6.07) is 7.94. The molecule has 0 spiro atoms. The van der Waals surface area contributed by atoms with E-state index in [0.717, 1.165) is 0 Å². The average Bonchev–Trinajstić information content (AvgIpc) is 2.35. The minimum atomic E-state index is -0.424. The van der Waals surface area contributed by atoms with Crippen molar-refractivity contribution in [2.24, 2.45) is 5.73 Å². The van der Waals surface area contributed by atoms with Crippen LogP contribution in [0, 0.1) is 18.2 Å². The van der Waals surface area contributed by atoms with Gasteiger partial charge in [0.1, 0.15) is 5.84 Å². The highest BCUT2D eigenvalue weighted by atomic mass is 19.1. The van der Waals surface area contributed by atoms with Crippen molar-refractivity contribution in [1.82, 2.24) is 4.98 Å². The zero-order valence-corrected chi connectivity index (χ0v) is 9.77. The molecule has 3 N–H and O–H groups in total. The molecule has 0 aliphatic rings. The van der Waals surface area contributed by atoms with Gasteiger partial charge in [-0.1, -0.05) is 12.1 Å². The van der Waals surface area contributed by atoms with Crippen LogP contribution >= 0.6 is 0 Å². The lowest BCUT2D eigenvalue weighted by Gasteiger charge is -2.08. The van der Waals surface area contributed by atoms with Crippen LogP contribution in [0.4, 0.5) is 4.39 Å². The number of hydrogen-bond acceptors (Lipinski definition) is 3. The summed E-state index contributed by atoms with van der Waals surface area (Å²) in [5.41, 5.74) is 6.33. The normalized spacial score (nSPS) is 10.1. The number of nitrogens with one attached hydrogen (secondary N) is 1. The summed E-state index contributed by atoms with van der Waals surface area (Å²) in [7, 11) is 0. The number of halogens is 1. The van der Waals surface area contributed by atoms with E-state index in [1.807, 2.05) is 0 Å². The predicted octanol–water partition coefficient (Wildman–Crippen LogP) is 2.61. The molecular weight excluding hydrogens is 233 g/mol. The molecule has 0 bridgehead atoms. The van der Waals surface area contributed by atoms with E-state index in [2.05, 4.69) is 4.98 Å². The van der Waals surface area contributed by atoms with Crippen LogP contribution in [-0.4, -0.2) is 10.8 Å². The van der Waals surface area contributed by atoms with Crippen LogP contribution in [-0.2, 0) is 0 Å². The van der Waals surface area contributed by atoms with Crippen LogP contribution in [0.3, 0.4) is 0 Å². The maximum atomic E-state index is 13.7. The SMILES string of the molecule is Cc1cccc(Oc2cc(C(=N)N)ccn2)c1F. The molecule has 18 heavy (non-hydrogen) atoms. The smallest absolute Gasteiger partial charge is 0.220 e. The zero-order chi connectivity index (χ0) is 13.1. The van der Waals surface area contributed by atoms with E-state index in [-0.39, 0.29) is 17.5 Å². The molecule has 0 amide bonds. The second-order valence-corrected chi connectivity index (χ2v) is 3.79. The third kappa shape index (κ3) is 2.45. The Morgan fingerprint density at radius 2 is 2.17 bits per heavy atom. The Balaban J connectivity index is 2.31. The molecule has 1 aromatic carbocycles. The van der Waals surface area contributed by atoms with Gasteiger partial charge in [0.25, 0.3) is 0 Å². The zero-order valence-electron chi connectivity index (χ0n) is 9.77. The van der Waals surface area contributed by atoms with Crippen molar-refractivity contribution in [3.8, 4) is 11.6 Å². The summed E-state index contributed by atoms with van der Waals surface area (Å²) in [4.78, 5) is 3.95. The maximum absolute atomic E-state index is 13.7. The highest BCUT2D eigenvalue weighted by Crippen LogP contribution is 2.25. The Labute approximate surface area is 104 Å². The first-order valence-electron chi connectivity index (χ1n) is 5.31. The molecule has 1 heterocycles. The Bertz CT molecular complexity index is 599. The lowest BCUT2D eigenvalue weighted by atomic mass is 10.2. The van der Waals surface area contributed by atoms with Crippen molar-refractivity contribution in [3.05, 3.63) is 53.5 Å². The first kappa shape index (κ1) is 12.0. The van der Waals surface area contributed by atoms with Crippen molar-refractivity contribution in [3.63, 3.8) is 0 Å². The Kier molecular flexibility index (Phi) is 3.23. The largest absolute Gasteiger partial charge is 0.436 e. The molecule has 2 rings (SSSR count). The fourth-order valence-electron chi connectivity index (χ4n) is 1.44. The Morgan fingerprint density at radius 1 is 1.39 bits per heavy atom. The topological polar surface area (TPSA) is 72.0 Å². The third-order valence-corrected chi connectivity index (χ3v) is 2.42. The first-order valence-corrected chi connectivity index (χ1v) is 5.31. The fraction of sp³-hybridized carbons (Fsp3) is 0.0769. The number of nitrogens with zero attached hydrogens (tertiary/aromatic N) is 1. The monoisotopic (exact) mass is 245 g/mol. The highest BCUT2D eigenvalue weighted by molar-refractivity contribution is 5.95. The number of aromatic nitrogens is 1. The van der Waals surface area contributed by atoms with Crippen LogP contribution in [0.2, 0.25) is 0 Å². The summed E-state index contributed by atoms with van der Waals surface area (Å²) in [6.07, 6.45) is 1.46. The van der Waals surface area contributed by atoms with Crippen LogP contribution in [0.1, 0.15) is 11.1 Å². The quantitative estimate of drug-likeness (QED) is 0.645. The summed E-state index contributed by atoms with van der Waals surface area (Å²) < 4.78 is 19.1. The van der Waals surface area contributed by atoms with Crippen molar-refractivity contribution in [2.75, 3.05) is 0 Å². The van der Waals surface area contributed by atoms with Gasteiger partial charge in [-0.15, -0.1) is 0 Å². The highest BCUT2D eigenvalue weighted by Gasteiger charge is 2.08. The number of benzene rings is 1. The van der Waals surface area contributed by atoms with Crippen molar-refractivity contribution < 1.29 is 9.13 Å². The minimum Gasteiger partial charge on any atom is -0.436 e. The minimum absolute atomic E-state index is 0.0908. The molecule has 0 radical (unpaired) electrons. The molecule has 4 nitrogen and oxygen atoms in total. The van der Waals surface area contributed by atoms with Crippen molar-refractivity contribution in [2.45, 2.75) is 6.92 Å². The third-order valence-electron chi connectivity index (χ3n) is 2.42. The van der Waals surface area contributed by atoms with E-state index >= 15 is 0 Å². The number of amidine groups is 1. The van der Waals surface area contributed by atoms with E-state index in [1.165, 1.54) is 18.3 Å². The van der Waals surface area contributed by atoms with Gasteiger partial charge < -0.3 is 10.5 Å². The van der Waals surface area contributed by atoms with Gasteiger partial charge in [0.2, 0.25) is 5.88 Å². The van der Waals surface area contributed by atoms with E-state index in [4.69, 9.17) is 15.9 Å². The van der Waals surface area contributed by atoms with Crippen LogP contribution in [0.25, 0.3) is 0 Å². The molecule has 0 unspecified atom stereocenters. The number of pyridine rings is 1. The van der Waals surface area contributed by atoms with Gasteiger partial charge in [-0.2, -0.15) is 0 Å². The number of nitrogen functional groups attached to an aromatic ring is 1. The van der Waals surface area contributed by atoms with Gasteiger partial charge in [0.15, 0.2) is 11.6 Å². The average molecular weight is 245 g/mol. The second kappa shape index (κ2) is 4.83. The van der Waals surface area contributed by atoms with E-state index in [1.54, 1.807) is 25.1 Å². The second-order valence-electron chi connectivity index (χ2n) is 3.79. The molecule has 0 atom stereocenters. The number of hydrogen-bond donors (Lipinski definition) is 2. The summed E-state index contributed by atoms with van der Waals surface area (Å²) in [5.74, 6) is -0.213. The van der Waals surface area contributed by atoms with Gasteiger partial charge in [-0.05, 0) is 24.6 Å². The molecule has 0 saturated heterocycles. The fourth-order valence-corrected chi connectivity index (χ4v) is 1.44. The lowest BCUT2D eigenvalue weighted by Crippen LogP contribution is -2.11. The molecule has 5 heteroatoms. The summed E-state index contributed by atoms with van der Waals surface area (Å²) >= 11 is 0. The Morgan fingerprint density at radius 3 is 2.89 bits per heavy atom. The molecular formula is C13H12FN3O. The van der Waals surface area contributed by atoms with Gasteiger partial charge in [-0.3, -0.25) is 5.41 Å². The number of ether oxygens (including phenoxy) is 1. The molecule has 0 aliphatic carbocycles. The van der Waals surface area contributed by atoms with Crippen LogP contribution in [0.5, 0.6) is 11.6 Å². The van der Waals surface area contributed by atoms with E-state index < -0.39 is 5.82 Å². The standard InChI is InChI=1S/C13H12FN3O/c1-8-3-2-4-10(12(8)14)18-11-7-9(13(15)16)5-6-17-11/h2-7H,1H3,(H3,15,16). The van der Waals surface area contributed by atoms with Crippen LogP contribution in [0.15, 0.2) is 36.5 Å². The van der Waals surface area contributed by atoms with E-state index in [0.29, 0.717) is 11.1 Å². The Hall–Kier alpha value is -2.43. The van der Waals surface area contributed by atoms with Gasteiger partial charge in [0.05, 0.1) is 0 Å². The van der Waals surface area contributed by atoms with Crippen molar-refractivity contribution >= 4 is 5.84 Å². The molecule has 0 saturated carbocycles. The predicted molar refractivity (Wildman–Crippen MR) is 66.5 cm³/mol. The molecule has 0 fully saturated rings. The van der Waals surface area contributed by atoms with Gasteiger partial charge in [0, 0.05) is 17.8 Å².